The van der Waals surface area contributed by atoms with Gasteiger partial charge in [-0.25, -0.2) is 0 Å². The van der Waals surface area contributed by atoms with Crippen LogP contribution < -0.4 is 5.32 Å². The zero-order valence-electron chi connectivity index (χ0n) is 6.62. The molecule has 3 heterocycles. The molecular formula is C8H11ClN2O. The third-order valence-corrected chi connectivity index (χ3v) is 2.72. The Morgan fingerprint density at radius 2 is 2.42 bits per heavy atom. The van der Waals surface area contributed by atoms with Gasteiger partial charge in [0.15, 0.2) is 0 Å². The SMILES string of the molecule is Cl.c1noc2c1C1CCC(C2)N1. The molecule has 0 aromatic carbocycles. The van der Waals surface area contributed by atoms with Crippen LogP contribution in [-0.4, -0.2) is 11.2 Å². The van der Waals surface area contributed by atoms with Gasteiger partial charge < -0.3 is 9.84 Å². The summed E-state index contributed by atoms with van der Waals surface area (Å²) in [5, 5.41) is 7.34. The third-order valence-electron chi connectivity index (χ3n) is 2.72. The highest BCUT2D eigenvalue weighted by atomic mass is 35.5. The van der Waals surface area contributed by atoms with Crippen molar-refractivity contribution in [2.75, 3.05) is 0 Å². The summed E-state index contributed by atoms with van der Waals surface area (Å²) < 4.78 is 5.15. The van der Waals surface area contributed by atoms with Crippen molar-refractivity contribution in [3.8, 4) is 0 Å². The first kappa shape index (κ1) is 8.08. The molecule has 66 valence electrons. The van der Waals surface area contributed by atoms with Crippen LogP contribution in [0.3, 0.4) is 0 Å². The van der Waals surface area contributed by atoms with Crippen LogP contribution in [0.5, 0.6) is 0 Å². The topological polar surface area (TPSA) is 38.1 Å². The largest absolute Gasteiger partial charge is 0.361 e. The van der Waals surface area contributed by atoms with Crippen LogP contribution in [0.1, 0.15) is 30.2 Å². The fourth-order valence-electron chi connectivity index (χ4n) is 2.16. The zero-order valence-corrected chi connectivity index (χ0v) is 7.43. The van der Waals surface area contributed by atoms with Gasteiger partial charge >= 0.3 is 0 Å². The summed E-state index contributed by atoms with van der Waals surface area (Å²) in [5.74, 6) is 1.11. The summed E-state index contributed by atoms with van der Waals surface area (Å²) in [5.41, 5.74) is 1.29. The smallest absolute Gasteiger partial charge is 0.143 e. The van der Waals surface area contributed by atoms with E-state index in [1.54, 1.807) is 0 Å². The van der Waals surface area contributed by atoms with Gasteiger partial charge in [-0.3, -0.25) is 0 Å². The molecule has 2 aliphatic rings. The molecule has 4 heteroatoms. The predicted molar refractivity (Wildman–Crippen MR) is 46.4 cm³/mol. The van der Waals surface area contributed by atoms with Crippen LogP contribution in [0.15, 0.2) is 10.7 Å². The van der Waals surface area contributed by atoms with E-state index in [0.29, 0.717) is 12.1 Å². The highest BCUT2D eigenvalue weighted by Gasteiger charge is 2.34. The number of nitrogens with one attached hydrogen (secondary N) is 1. The highest BCUT2D eigenvalue weighted by molar-refractivity contribution is 5.85. The fourth-order valence-corrected chi connectivity index (χ4v) is 2.16. The number of nitrogens with zero attached hydrogens (tertiary/aromatic N) is 1. The molecule has 12 heavy (non-hydrogen) atoms. The second-order valence-corrected chi connectivity index (χ2v) is 3.40. The summed E-state index contributed by atoms with van der Waals surface area (Å²) in [4.78, 5) is 0. The molecule has 1 aromatic heterocycles. The van der Waals surface area contributed by atoms with Crippen LogP contribution in [0.2, 0.25) is 0 Å². The van der Waals surface area contributed by atoms with Crippen molar-refractivity contribution in [3.63, 3.8) is 0 Å². The summed E-state index contributed by atoms with van der Waals surface area (Å²) in [6.07, 6.45) is 5.42. The summed E-state index contributed by atoms with van der Waals surface area (Å²) in [6, 6.07) is 1.19. The van der Waals surface area contributed by atoms with Gasteiger partial charge in [-0.15, -0.1) is 12.4 Å². The first-order chi connectivity index (χ1) is 5.43. The van der Waals surface area contributed by atoms with Crippen molar-refractivity contribution in [1.82, 2.24) is 10.5 Å². The molecule has 1 fully saturated rings. The van der Waals surface area contributed by atoms with E-state index in [9.17, 15) is 0 Å². The Balaban J connectivity index is 0.000000563. The molecule has 2 unspecified atom stereocenters. The minimum absolute atomic E-state index is 0. The molecule has 2 aliphatic heterocycles. The van der Waals surface area contributed by atoms with Crippen LogP contribution in [-0.2, 0) is 6.42 Å². The quantitative estimate of drug-likeness (QED) is 0.667. The molecule has 0 saturated carbocycles. The van der Waals surface area contributed by atoms with Gasteiger partial charge in [-0.1, -0.05) is 5.16 Å². The van der Waals surface area contributed by atoms with E-state index >= 15 is 0 Å². The van der Waals surface area contributed by atoms with E-state index in [4.69, 9.17) is 4.52 Å². The maximum Gasteiger partial charge on any atom is 0.143 e. The molecule has 0 amide bonds. The molecule has 1 aromatic rings. The second kappa shape index (κ2) is 2.75. The first-order valence-corrected chi connectivity index (χ1v) is 4.13. The van der Waals surface area contributed by atoms with E-state index in [-0.39, 0.29) is 12.4 Å². The van der Waals surface area contributed by atoms with Crippen LogP contribution in [0.25, 0.3) is 0 Å². The van der Waals surface area contributed by atoms with E-state index in [1.165, 1.54) is 18.4 Å². The van der Waals surface area contributed by atoms with Gasteiger partial charge in [0.2, 0.25) is 0 Å². The standard InChI is InChI=1S/C8H10N2O.ClH/c1-2-7-6-4-9-11-8(6)3-5(1)10-7;/h4-5,7,10H,1-3H2;1H. The molecule has 2 bridgehead atoms. The normalized spacial score (nSPS) is 31.0. The highest BCUT2D eigenvalue weighted by Crippen LogP contribution is 2.35. The first-order valence-electron chi connectivity index (χ1n) is 4.13. The van der Waals surface area contributed by atoms with Gasteiger partial charge in [-0.2, -0.15) is 0 Å². The minimum Gasteiger partial charge on any atom is -0.361 e. The Kier molecular flexibility index (Phi) is 1.85. The molecule has 3 nitrogen and oxygen atoms in total. The Labute approximate surface area is 76.9 Å². The maximum atomic E-state index is 5.15. The molecule has 0 spiro atoms. The molecular weight excluding hydrogens is 176 g/mol. The number of halogens is 1. The van der Waals surface area contributed by atoms with Crippen molar-refractivity contribution in [3.05, 3.63) is 17.5 Å². The van der Waals surface area contributed by atoms with E-state index in [0.717, 1.165) is 12.2 Å². The van der Waals surface area contributed by atoms with Crippen molar-refractivity contribution in [2.45, 2.75) is 31.3 Å². The molecule has 2 atom stereocenters. The van der Waals surface area contributed by atoms with Crippen molar-refractivity contribution >= 4 is 12.4 Å². The third kappa shape index (κ3) is 0.967. The lowest BCUT2D eigenvalue weighted by atomic mass is 10.0. The number of rotatable bonds is 0. The summed E-state index contributed by atoms with van der Waals surface area (Å²) in [7, 11) is 0. The lowest BCUT2D eigenvalue weighted by molar-refractivity contribution is 0.355. The minimum atomic E-state index is 0. The van der Waals surface area contributed by atoms with Gasteiger partial charge in [-0.05, 0) is 12.8 Å². The summed E-state index contributed by atoms with van der Waals surface area (Å²) >= 11 is 0. The van der Waals surface area contributed by atoms with Gasteiger partial charge in [0.25, 0.3) is 0 Å². The number of hydrogen-bond acceptors (Lipinski definition) is 3. The van der Waals surface area contributed by atoms with Gasteiger partial charge in [0.05, 0.1) is 6.20 Å². The molecule has 0 radical (unpaired) electrons. The van der Waals surface area contributed by atoms with Crippen LogP contribution in [0, 0.1) is 0 Å². The van der Waals surface area contributed by atoms with E-state index in [1.807, 2.05) is 6.20 Å². The number of aromatic nitrogens is 1. The maximum absolute atomic E-state index is 5.15. The Bertz CT molecular complexity index is 286. The van der Waals surface area contributed by atoms with Gasteiger partial charge in [0, 0.05) is 24.1 Å². The Morgan fingerprint density at radius 1 is 1.50 bits per heavy atom. The Morgan fingerprint density at radius 3 is 3.33 bits per heavy atom. The Hall–Kier alpha value is -0.540. The molecule has 0 aliphatic carbocycles. The lowest BCUT2D eigenvalue weighted by Crippen LogP contribution is -2.30. The number of fused-ring (bicyclic) bond motifs is 4. The summed E-state index contributed by atoms with van der Waals surface area (Å²) in [6.45, 7) is 0. The van der Waals surface area contributed by atoms with Crippen molar-refractivity contribution < 1.29 is 4.52 Å². The van der Waals surface area contributed by atoms with Gasteiger partial charge in [0.1, 0.15) is 5.76 Å². The lowest BCUT2D eigenvalue weighted by Gasteiger charge is -2.18. The molecule has 3 rings (SSSR count). The van der Waals surface area contributed by atoms with Crippen molar-refractivity contribution in [1.29, 1.82) is 0 Å². The van der Waals surface area contributed by atoms with E-state index in [2.05, 4.69) is 10.5 Å². The van der Waals surface area contributed by atoms with Crippen molar-refractivity contribution in [2.24, 2.45) is 0 Å². The second-order valence-electron chi connectivity index (χ2n) is 3.40. The molecule has 1 N–H and O–H groups in total. The van der Waals surface area contributed by atoms with Crippen LogP contribution >= 0.6 is 12.4 Å². The average Bonchev–Trinajstić information content (AvgIpc) is 2.58. The number of hydrogen-bond donors (Lipinski definition) is 1. The van der Waals surface area contributed by atoms with E-state index < -0.39 is 0 Å². The monoisotopic (exact) mass is 186 g/mol. The molecule has 1 saturated heterocycles. The zero-order chi connectivity index (χ0) is 7.26. The average molecular weight is 187 g/mol. The fraction of sp³-hybridized carbons (Fsp3) is 0.625. The predicted octanol–water partition coefficient (Wildman–Crippen LogP) is 1.45. The van der Waals surface area contributed by atoms with Crippen LogP contribution in [0.4, 0.5) is 0 Å².